The standard InChI is InChI=1S/C12H13N3/c1-2-9-5-3-4-6-10(9)11-12(13)15-8-7-14-11/h3-8H,2H2,1H3,(H2,13,15). The van der Waals surface area contributed by atoms with E-state index >= 15 is 0 Å². The molecule has 0 aliphatic heterocycles. The van der Waals surface area contributed by atoms with Crippen LogP contribution >= 0.6 is 0 Å². The highest BCUT2D eigenvalue weighted by molar-refractivity contribution is 5.72. The van der Waals surface area contributed by atoms with Crippen LogP contribution in [-0.4, -0.2) is 9.97 Å². The number of hydrogen-bond acceptors (Lipinski definition) is 3. The molecular formula is C12H13N3. The SMILES string of the molecule is CCc1ccccc1-c1nccnc1N. The number of aromatic nitrogens is 2. The molecule has 0 unspecified atom stereocenters. The fourth-order valence-electron chi connectivity index (χ4n) is 1.62. The Kier molecular flexibility index (Phi) is 2.63. The summed E-state index contributed by atoms with van der Waals surface area (Å²) in [5.74, 6) is 0.485. The van der Waals surface area contributed by atoms with Crippen LogP contribution in [0.15, 0.2) is 36.7 Å². The van der Waals surface area contributed by atoms with E-state index in [0.717, 1.165) is 17.7 Å². The minimum absolute atomic E-state index is 0.485. The molecule has 2 aromatic rings. The van der Waals surface area contributed by atoms with Gasteiger partial charge in [-0.05, 0) is 12.0 Å². The Labute approximate surface area is 89.0 Å². The molecule has 1 aromatic heterocycles. The van der Waals surface area contributed by atoms with Gasteiger partial charge in [0.25, 0.3) is 0 Å². The largest absolute Gasteiger partial charge is 0.382 e. The van der Waals surface area contributed by atoms with Gasteiger partial charge in [0.15, 0.2) is 0 Å². The molecule has 0 spiro atoms. The average Bonchev–Trinajstić information content (AvgIpc) is 2.30. The van der Waals surface area contributed by atoms with E-state index in [4.69, 9.17) is 5.73 Å². The fraction of sp³-hybridized carbons (Fsp3) is 0.167. The maximum Gasteiger partial charge on any atom is 0.149 e. The Hall–Kier alpha value is -1.90. The van der Waals surface area contributed by atoms with Gasteiger partial charge < -0.3 is 5.73 Å². The third-order valence-corrected chi connectivity index (χ3v) is 2.38. The molecule has 1 aromatic carbocycles. The quantitative estimate of drug-likeness (QED) is 0.807. The zero-order valence-electron chi connectivity index (χ0n) is 8.64. The van der Waals surface area contributed by atoms with E-state index in [2.05, 4.69) is 23.0 Å². The number of nitrogen functional groups attached to an aromatic ring is 1. The third kappa shape index (κ3) is 1.81. The number of nitrogens with zero attached hydrogens (tertiary/aromatic N) is 2. The summed E-state index contributed by atoms with van der Waals surface area (Å²) in [5, 5.41) is 0. The maximum absolute atomic E-state index is 5.80. The zero-order chi connectivity index (χ0) is 10.7. The lowest BCUT2D eigenvalue weighted by Crippen LogP contribution is -1.98. The van der Waals surface area contributed by atoms with Gasteiger partial charge in [-0.1, -0.05) is 31.2 Å². The Morgan fingerprint density at radius 2 is 1.87 bits per heavy atom. The van der Waals surface area contributed by atoms with Gasteiger partial charge in [-0.25, -0.2) is 4.98 Å². The normalized spacial score (nSPS) is 10.2. The van der Waals surface area contributed by atoms with Gasteiger partial charge in [0.2, 0.25) is 0 Å². The Balaban J connectivity index is 2.59. The first-order chi connectivity index (χ1) is 7.33. The predicted octanol–water partition coefficient (Wildman–Crippen LogP) is 2.29. The summed E-state index contributed by atoms with van der Waals surface area (Å²) in [5.41, 5.74) is 8.89. The average molecular weight is 199 g/mol. The number of rotatable bonds is 2. The lowest BCUT2D eigenvalue weighted by molar-refractivity contribution is 1.13. The molecule has 1 heterocycles. The lowest BCUT2D eigenvalue weighted by atomic mass is 10.0. The van der Waals surface area contributed by atoms with E-state index < -0.39 is 0 Å². The van der Waals surface area contributed by atoms with Crippen molar-refractivity contribution >= 4 is 5.82 Å². The highest BCUT2D eigenvalue weighted by atomic mass is 14.9. The van der Waals surface area contributed by atoms with Crippen LogP contribution in [0.3, 0.4) is 0 Å². The fourth-order valence-corrected chi connectivity index (χ4v) is 1.62. The molecule has 0 amide bonds. The van der Waals surface area contributed by atoms with Crippen molar-refractivity contribution in [3.63, 3.8) is 0 Å². The molecule has 2 N–H and O–H groups in total. The Morgan fingerprint density at radius 1 is 1.13 bits per heavy atom. The van der Waals surface area contributed by atoms with Crippen molar-refractivity contribution in [2.75, 3.05) is 5.73 Å². The molecule has 76 valence electrons. The smallest absolute Gasteiger partial charge is 0.149 e. The summed E-state index contributed by atoms with van der Waals surface area (Å²) < 4.78 is 0. The van der Waals surface area contributed by atoms with Crippen molar-refractivity contribution in [3.8, 4) is 11.3 Å². The molecular weight excluding hydrogens is 186 g/mol. The molecule has 0 bridgehead atoms. The number of nitrogens with two attached hydrogens (primary N) is 1. The summed E-state index contributed by atoms with van der Waals surface area (Å²) in [6.07, 6.45) is 4.23. The van der Waals surface area contributed by atoms with E-state index in [1.165, 1.54) is 5.56 Å². The van der Waals surface area contributed by atoms with Crippen LogP contribution in [0.4, 0.5) is 5.82 Å². The maximum atomic E-state index is 5.80. The van der Waals surface area contributed by atoms with Gasteiger partial charge in [0, 0.05) is 18.0 Å². The van der Waals surface area contributed by atoms with Gasteiger partial charge in [-0.2, -0.15) is 0 Å². The summed E-state index contributed by atoms with van der Waals surface area (Å²) in [7, 11) is 0. The second-order valence-corrected chi connectivity index (χ2v) is 3.30. The second kappa shape index (κ2) is 4.09. The molecule has 0 saturated heterocycles. The van der Waals surface area contributed by atoms with E-state index in [-0.39, 0.29) is 0 Å². The molecule has 0 saturated carbocycles. The van der Waals surface area contributed by atoms with E-state index in [9.17, 15) is 0 Å². The van der Waals surface area contributed by atoms with Crippen LogP contribution < -0.4 is 5.73 Å². The van der Waals surface area contributed by atoms with Crippen LogP contribution in [0.1, 0.15) is 12.5 Å². The molecule has 0 aliphatic rings. The topological polar surface area (TPSA) is 51.8 Å². The van der Waals surface area contributed by atoms with Crippen molar-refractivity contribution in [1.82, 2.24) is 9.97 Å². The molecule has 0 fully saturated rings. The first-order valence-corrected chi connectivity index (χ1v) is 4.97. The number of benzene rings is 1. The van der Waals surface area contributed by atoms with E-state index in [1.54, 1.807) is 12.4 Å². The molecule has 0 aliphatic carbocycles. The highest BCUT2D eigenvalue weighted by Crippen LogP contribution is 2.25. The van der Waals surface area contributed by atoms with Crippen molar-refractivity contribution < 1.29 is 0 Å². The zero-order valence-corrected chi connectivity index (χ0v) is 8.64. The van der Waals surface area contributed by atoms with Gasteiger partial charge in [0.05, 0.1) is 0 Å². The monoisotopic (exact) mass is 199 g/mol. The molecule has 3 nitrogen and oxygen atoms in total. The summed E-state index contributed by atoms with van der Waals surface area (Å²) in [4.78, 5) is 8.32. The molecule has 3 heteroatoms. The number of anilines is 1. The second-order valence-electron chi connectivity index (χ2n) is 3.30. The summed E-state index contributed by atoms with van der Waals surface area (Å²) in [6, 6.07) is 8.13. The third-order valence-electron chi connectivity index (χ3n) is 2.38. The lowest BCUT2D eigenvalue weighted by Gasteiger charge is -2.07. The minimum atomic E-state index is 0.485. The van der Waals surface area contributed by atoms with Gasteiger partial charge >= 0.3 is 0 Å². The predicted molar refractivity (Wildman–Crippen MR) is 61.3 cm³/mol. The van der Waals surface area contributed by atoms with Crippen LogP contribution in [0.2, 0.25) is 0 Å². The summed E-state index contributed by atoms with van der Waals surface area (Å²) >= 11 is 0. The van der Waals surface area contributed by atoms with Gasteiger partial charge in [0.1, 0.15) is 11.5 Å². The molecule has 15 heavy (non-hydrogen) atoms. The van der Waals surface area contributed by atoms with Crippen molar-refractivity contribution in [1.29, 1.82) is 0 Å². The Bertz CT molecular complexity index is 466. The number of hydrogen-bond donors (Lipinski definition) is 1. The van der Waals surface area contributed by atoms with Crippen LogP contribution in [0.5, 0.6) is 0 Å². The van der Waals surface area contributed by atoms with Crippen molar-refractivity contribution in [3.05, 3.63) is 42.2 Å². The Morgan fingerprint density at radius 3 is 2.60 bits per heavy atom. The van der Waals surface area contributed by atoms with Crippen LogP contribution in [0.25, 0.3) is 11.3 Å². The first-order valence-electron chi connectivity index (χ1n) is 4.97. The van der Waals surface area contributed by atoms with E-state index in [1.807, 2.05) is 18.2 Å². The molecule has 2 rings (SSSR count). The first kappa shape index (κ1) is 9.65. The van der Waals surface area contributed by atoms with Crippen molar-refractivity contribution in [2.24, 2.45) is 0 Å². The van der Waals surface area contributed by atoms with E-state index in [0.29, 0.717) is 5.82 Å². The van der Waals surface area contributed by atoms with Crippen molar-refractivity contribution in [2.45, 2.75) is 13.3 Å². The summed E-state index contributed by atoms with van der Waals surface area (Å²) in [6.45, 7) is 2.12. The molecule has 0 atom stereocenters. The van der Waals surface area contributed by atoms with Crippen LogP contribution in [0, 0.1) is 0 Å². The highest BCUT2D eigenvalue weighted by Gasteiger charge is 2.07. The molecule has 0 radical (unpaired) electrons. The van der Waals surface area contributed by atoms with Crippen LogP contribution in [-0.2, 0) is 6.42 Å². The number of aryl methyl sites for hydroxylation is 1. The van der Waals surface area contributed by atoms with Gasteiger partial charge in [-0.3, -0.25) is 4.98 Å². The van der Waals surface area contributed by atoms with Gasteiger partial charge in [-0.15, -0.1) is 0 Å². The minimum Gasteiger partial charge on any atom is -0.382 e.